The average Bonchev–Trinajstić information content (AvgIpc) is 2.37. The van der Waals surface area contributed by atoms with E-state index < -0.39 is 11.9 Å². The van der Waals surface area contributed by atoms with Gasteiger partial charge in [-0.15, -0.1) is 0 Å². The molecule has 118 valence electrons. The van der Waals surface area contributed by atoms with Crippen LogP contribution in [0.4, 0.5) is 0 Å². The monoisotopic (exact) mass is 350 g/mol. The van der Waals surface area contributed by atoms with Crippen LogP contribution < -0.4 is 0 Å². The number of ether oxygens (including phenoxy) is 2. The quantitative estimate of drug-likeness (QED) is 0.227. The molecule has 4 nitrogen and oxygen atoms in total. The second-order valence-corrected chi connectivity index (χ2v) is 5.81. The number of carbonyl (C=O) groups excluding carboxylic acids is 2. The van der Waals surface area contributed by atoms with Crippen LogP contribution in [0.5, 0.6) is 0 Å². The SMILES string of the molecule is CCCCCCCCCC(Br)OC(=O)CC(=O)OCC. The normalized spacial score (nSPS) is 11.9. The van der Waals surface area contributed by atoms with Crippen molar-refractivity contribution in [3.05, 3.63) is 0 Å². The van der Waals surface area contributed by atoms with E-state index in [9.17, 15) is 9.59 Å². The van der Waals surface area contributed by atoms with Crippen molar-refractivity contribution < 1.29 is 19.1 Å². The maximum Gasteiger partial charge on any atom is 0.318 e. The van der Waals surface area contributed by atoms with Gasteiger partial charge in [-0.2, -0.15) is 0 Å². The molecule has 0 amide bonds. The van der Waals surface area contributed by atoms with Gasteiger partial charge < -0.3 is 9.47 Å². The van der Waals surface area contributed by atoms with Gasteiger partial charge in [0.05, 0.1) is 6.61 Å². The molecule has 0 bridgehead atoms. The molecule has 0 aromatic rings. The summed E-state index contributed by atoms with van der Waals surface area (Å²) in [5, 5.41) is -0.305. The lowest BCUT2D eigenvalue weighted by Crippen LogP contribution is -2.17. The standard InChI is InChI=1S/C15H27BrO4/c1-3-5-6-7-8-9-10-11-13(16)20-15(18)12-14(17)19-4-2/h13H,3-12H2,1-2H3. The fraction of sp³-hybridized carbons (Fsp3) is 0.867. The maximum absolute atomic E-state index is 11.4. The number of esters is 2. The number of hydrogen-bond acceptors (Lipinski definition) is 4. The van der Waals surface area contributed by atoms with Gasteiger partial charge in [-0.25, -0.2) is 0 Å². The van der Waals surface area contributed by atoms with Crippen molar-refractivity contribution in [1.82, 2.24) is 0 Å². The highest BCUT2D eigenvalue weighted by molar-refractivity contribution is 9.09. The van der Waals surface area contributed by atoms with Crippen molar-refractivity contribution in [3.63, 3.8) is 0 Å². The summed E-state index contributed by atoms with van der Waals surface area (Å²) in [5.74, 6) is -1.07. The summed E-state index contributed by atoms with van der Waals surface area (Å²) in [4.78, 5) is 22.5. The third-order valence-electron chi connectivity index (χ3n) is 2.89. The Bertz CT molecular complexity index is 269. The molecule has 1 unspecified atom stereocenters. The molecule has 1 atom stereocenters. The zero-order valence-electron chi connectivity index (χ0n) is 12.7. The first kappa shape index (κ1) is 19.4. The van der Waals surface area contributed by atoms with E-state index >= 15 is 0 Å². The van der Waals surface area contributed by atoms with Crippen molar-refractivity contribution in [2.75, 3.05) is 6.61 Å². The van der Waals surface area contributed by atoms with Crippen LogP contribution in [0.25, 0.3) is 0 Å². The van der Waals surface area contributed by atoms with Gasteiger partial charge in [0, 0.05) is 0 Å². The van der Waals surface area contributed by atoms with Crippen molar-refractivity contribution in [2.24, 2.45) is 0 Å². The zero-order valence-corrected chi connectivity index (χ0v) is 14.2. The van der Waals surface area contributed by atoms with Gasteiger partial charge >= 0.3 is 11.9 Å². The smallest absolute Gasteiger partial charge is 0.318 e. The molecular formula is C15H27BrO4. The lowest BCUT2D eigenvalue weighted by molar-refractivity contribution is -0.155. The third kappa shape index (κ3) is 12.5. The van der Waals surface area contributed by atoms with Gasteiger partial charge in [-0.05, 0) is 35.7 Å². The van der Waals surface area contributed by atoms with E-state index in [4.69, 9.17) is 4.74 Å². The zero-order chi connectivity index (χ0) is 15.2. The number of halogens is 1. The molecule has 0 aliphatic heterocycles. The van der Waals surface area contributed by atoms with Crippen LogP contribution in [0.3, 0.4) is 0 Å². The van der Waals surface area contributed by atoms with E-state index in [1.165, 1.54) is 32.1 Å². The van der Waals surface area contributed by atoms with Crippen LogP contribution in [-0.2, 0) is 19.1 Å². The number of carbonyl (C=O) groups is 2. The number of rotatable bonds is 12. The third-order valence-corrected chi connectivity index (χ3v) is 3.53. The van der Waals surface area contributed by atoms with Gasteiger partial charge in [0.15, 0.2) is 5.01 Å². The van der Waals surface area contributed by atoms with E-state index in [0.717, 1.165) is 19.3 Å². The van der Waals surface area contributed by atoms with Crippen LogP contribution >= 0.6 is 15.9 Å². The van der Waals surface area contributed by atoms with Gasteiger partial charge in [-0.3, -0.25) is 9.59 Å². The Labute approximate surface area is 130 Å². The van der Waals surface area contributed by atoms with Gasteiger partial charge in [0.1, 0.15) is 6.42 Å². The summed E-state index contributed by atoms with van der Waals surface area (Å²) >= 11 is 3.31. The van der Waals surface area contributed by atoms with Crippen LogP contribution in [-0.4, -0.2) is 23.6 Å². The Balaban J connectivity index is 3.50. The van der Waals surface area contributed by atoms with Gasteiger partial charge in [-0.1, -0.05) is 45.4 Å². The largest absolute Gasteiger partial charge is 0.466 e. The molecule has 0 rings (SSSR count). The maximum atomic E-state index is 11.4. The molecule has 5 heteroatoms. The summed E-state index contributed by atoms with van der Waals surface area (Å²) in [6.07, 6.45) is 9.04. The minimum absolute atomic E-state index is 0.280. The molecule has 0 aromatic carbocycles. The van der Waals surface area contributed by atoms with Crippen molar-refractivity contribution in [2.45, 2.75) is 76.6 Å². The first-order chi connectivity index (χ1) is 9.60. The summed E-state index contributed by atoms with van der Waals surface area (Å²) in [6.45, 7) is 4.19. The molecule has 0 aromatic heterocycles. The Morgan fingerprint density at radius 2 is 1.55 bits per heavy atom. The van der Waals surface area contributed by atoms with Crippen LogP contribution in [0.2, 0.25) is 0 Å². The second kappa shape index (κ2) is 13.4. The van der Waals surface area contributed by atoms with E-state index in [1.807, 2.05) is 0 Å². The molecular weight excluding hydrogens is 324 g/mol. The van der Waals surface area contributed by atoms with Gasteiger partial charge in [0.25, 0.3) is 0 Å². The minimum Gasteiger partial charge on any atom is -0.466 e. The molecule has 0 aliphatic carbocycles. The molecule has 0 heterocycles. The molecule has 0 aliphatic rings. The molecule has 20 heavy (non-hydrogen) atoms. The Hall–Kier alpha value is -0.580. The molecule has 0 radical (unpaired) electrons. The predicted octanol–water partition coefficient (Wildman–Crippen LogP) is 4.34. The molecule has 0 N–H and O–H groups in total. The van der Waals surface area contributed by atoms with Gasteiger partial charge in [0.2, 0.25) is 0 Å². The first-order valence-corrected chi connectivity index (χ1v) is 8.50. The topological polar surface area (TPSA) is 52.6 Å². The number of hydrogen-bond donors (Lipinski definition) is 0. The Kier molecular flexibility index (Phi) is 13.0. The van der Waals surface area contributed by atoms with E-state index in [1.54, 1.807) is 6.92 Å². The Morgan fingerprint density at radius 3 is 2.15 bits per heavy atom. The van der Waals surface area contributed by atoms with E-state index in [2.05, 4.69) is 27.6 Å². The summed E-state index contributed by atoms with van der Waals surface area (Å²) < 4.78 is 9.77. The summed E-state index contributed by atoms with van der Waals surface area (Å²) in [5.41, 5.74) is 0. The highest BCUT2D eigenvalue weighted by Gasteiger charge is 2.15. The first-order valence-electron chi connectivity index (χ1n) is 7.59. The lowest BCUT2D eigenvalue weighted by Gasteiger charge is -2.11. The fourth-order valence-electron chi connectivity index (χ4n) is 1.84. The minimum atomic E-state index is -0.534. The Morgan fingerprint density at radius 1 is 0.950 bits per heavy atom. The van der Waals surface area contributed by atoms with Crippen LogP contribution in [0.1, 0.15) is 71.6 Å². The van der Waals surface area contributed by atoms with Crippen LogP contribution in [0, 0.1) is 0 Å². The highest BCUT2D eigenvalue weighted by atomic mass is 79.9. The molecule has 0 saturated heterocycles. The predicted molar refractivity (Wildman–Crippen MR) is 82.7 cm³/mol. The van der Waals surface area contributed by atoms with Crippen molar-refractivity contribution in [1.29, 1.82) is 0 Å². The highest BCUT2D eigenvalue weighted by Crippen LogP contribution is 2.15. The van der Waals surface area contributed by atoms with Crippen molar-refractivity contribution >= 4 is 27.9 Å². The number of alkyl halides is 1. The fourth-order valence-corrected chi connectivity index (χ4v) is 2.37. The van der Waals surface area contributed by atoms with E-state index in [0.29, 0.717) is 0 Å². The summed E-state index contributed by atoms with van der Waals surface area (Å²) in [6, 6.07) is 0. The lowest BCUT2D eigenvalue weighted by atomic mass is 10.1. The van der Waals surface area contributed by atoms with E-state index in [-0.39, 0.29) is 18.0 Å². The second-order valence-electron chi connectivity index (χ2n) is 4.79. The molecule has 0 saturated carbocycles. The van der Waals surface area contributed by atoms with Crippen LogP contribution in [0.15, 0.2) is 0 Å². The van der Waals surface area contributed by atoms with Crippen molar-refractivity contribution in [3.8, 4) is 0 Å². The number of unbranched alkanes of at least 4 members (excludes halogenated alkanes) is 6. The summed E-state index contributed by atoms with van der Waals surface area (Å²) in [7, 11) is 0. The molecule has 0 spiro atoms. The molecule has 0 fully saturated rings. The average molecular weight is 351 g/mol.